The molecule has 0 radical (unpaired) electrons. The molecule has 0 saturated heterocycles. The van der Waals surface area contributed by atoms with E-state index in [0.29, 0.717) is 17.2 Å². The van der Waals surface area contributed by atoms with Crippen LogP contribution in [0.1, 0.15) is 24.1 Å². The van der Waals surface area contributed by atoms with Crippen LogP contribution in [0.4, 0.5) is 10.5 Å². The fraction of sp³-hybridized carbons (Fsp3) is 0.200. The maximum Gasteiger partial charge on any atom is 0.316 e. The fourth-order valence-electron chi connectivity index (χ4n) is 2.47. The summed E-state index contributed by atoms with van der Waals surface area (Å²) in [5, 5.41) is 5.37. The number of hydrogen-bond acceptors (Lipinski definition) is 4. The van der Waals surface area contributed by atoms with E-state index in [4.69, 9.17) is 15.2 Å². The lowest BCUT2D eigenvalue weighted by Gasteiger charge is -2.13. The Kier molecular flexibility index (Phi) is 6.82. The van der Waals surface area contributed by atoms with E-state index in [1.54, 1.807) is 44.6 Å². The summed E-state index contributed by atoms with van der Waals surface area (Å²) in [6.45, 7) is 1.87. The molecule has 0 saturated carbocycles. The molecule has 142 valence electrons. The predicted molar refractivity (Wildman–Crippen MR) is 105 cm³/mol. The number of benzene rings is 2. The quantitative estimate of drug-likeness (QED) is 0.653. The first kappa shape index (κ1) is 19.8. The van der Waals surface area contributed by atoms with E-state index in [1.807, 2.05) is 25.1 Å². The Morgan fingerprint density at radius 2 is 1.70 bits per heavy atom. The van der Waals surface area contributed by atoms with Crippen molar-refractivity contribution in [2.75, 3.05) is 19.5 Å². The molecule has 0 bridgehead atoms. The molecular weight excluding hydrogens is 346 g/mol. The normalized spacial score (nSPS) is 11.7. The molecule has 1 atom stereocenters. The van der Waals surface area contributed by atoms with Crippen LogP contribution in [0.2, 0.25) is 0 Å². The molecular formula is C20H23N3O4. The van der Waals surface area contributed by atoms with E-state index in [9.17, 15) is 9.59 Å². The van der Waals surface area contributed by atoms with Crippen LogP contribution in [0.15, 0.2) is 48.5 Å². The summed E-state index contributed by atoms with van der Waals surface area (Å²) in [4.78, 5) is 23.0. The summed E-state index contributed by atoms with van der Waals surface area (Å²) in [6.07, 6.45) is 3.16. The zero-order valence-corrected chi connectivity index (χ0v) is 15.5. The van der Waals surface area contributed by atoms with E-state index >= 15 is 0 Å². The van der Waals surface area contributed by atoms with Crippen LogP contribution in [0.5, 0.6) is 11.5 Å². The van der Waals surface area contributed by atoms with Crippen LogP contribution in [-0.4, -0.2) is 26.2 Å². The molecule has 0 aliphatic carbocycles. The Labute approximate surface area is 158 Å². The number of anilines is 1. The van der Waals surface area contributed by atoms with Gasteiger partial charge in [-0.2, -0.15) is 0 Å². The van der Waals surface area contributed by atoms with Crippen molar-refractivity contribution in [3.05, 3.63) is 59.7 Å². The van der Waals surface area contributed by atoms with E-state index in [0.717, 1.165) is 11.1 Å². The monoisotopic (exact) mass is 369 g/mol. The standard InChI is InChI=1S/C20H23N3O4/c1-13(15-6-8-16(9-7-15)23-20(21)25)22-19(24)11-5-14-4-10-17(26-2)18(12-14)27-3/h4-13H,1-3H3,(H,22,24)(H3,21,23,25)/b11-5+. The number of methoxy groups -OCH3 is 2. The summed E-state index contributed by atoms with van der Waals surface area (Å²) in [5.74, 6) is 0.997. The SMILES string of the molecule is COc1ccc(/C=C/C(=O)NC(C)c2ccc(NC(N)=O)cc2)cc1OC. The number of rotatable bonds is 7. The van der Waals surface area contributed by atoms with Crippen LogP contribution in [0.25, 0.3) is 6.08 Å². The fourth-order valence-corrected chi connectivity index (χ4v) is 2.47. The number of amides is 3. The van der Waals surface area contributed by atoms with Crippen LogP contribution in [0, 0.1) is 0 Å². The Bertz CT molecular complexity index is 832. The highest BCUT2D eigenvalue weighted by Crippen LogP contribution is 2.28. The Balaban J connectivity index is 1.98. The highest BCUT2D eigenvalue weighted by atomic mass is 16.5. The number of urea groups is 1. The molecule has 0 aliphatic rings. The second kappa shape index (κ2) is 9.28. The molecule has 0 fully saturated rings. The Morgan fingerprint density at radius 1 is 1.04 bits per heavy atom. The first-order valence-corrected chi connectivity index (χ1v) is 8.30. The average Bonchev–Trinajstić information content (AvgIpc) is 2.66. The minimum absolute atomic E-state index is 0.199. The van der Waals surface area contributed by atoms with Crippen molar-refractivity contribution in [1.82, 2.24) is 5.32 Å². The van der Waals surface area contributed by atoms with E-state index in [-0.39, 0.29) is 11.9 Å². The molecule has 1 unspecified atom stereocenters. The number of carbonyl (C=O) groups excluding carboxylic acids is 2. The van der Waals surface area contributed by atoms with Crippen molar-refractivity contribution < 1.29 is 19.1 Å². The van der Waals surface area contributed by atoms with Gasteiger partial charge in [0.25, 0.3) is 0 Å². The summed E-state index contributed by atoms with van der Waals surface area (Å²) in [6, 6.07) is 11.7. The molecule has 2 aromatic carbocycles. The average molecular weight is 369 g/mol. The van der Waals surface area contributed by atoms with E-state index in [2.05, 4.69) is 10.6 Å². The number of nitrogens with one attached hydrogen (secondary N) is 2. The smallest absolute Gasteiger partial charge is 0.316 e. The second-order valence-corrected chi connectivity index (χ2v) is 5.79. The lowest BCUT2D eigenvalue weighted by molar-refractivity contribution is -0.117. The Hall–Kier alpha value is -3.48. The number of primary amides is 1. The van der Waals surface area contributed by atoms with Gasteiger partial charge in [0.15, 0.2) is 11.5 Å². The molecule has 3 amide bonds. The van der Waals surface area contributed by atoms with Gasteiger partial charge in [-0.05, 0) is 48.4 Å². The molecule has 0 heterocycles. The lowest BCUT2D eigenvalue weighted by Crippen LogP contribution is -2.24. The Morgan fingerprint density at radius 3 is 2.30 bits per heavy atom. The molecule has 2 aromatic rings. The van der Waals surface area contributed by atoms with Gasteiger partial charge < -0.3 is 25.8 Å². The molecule has 0 aliphatic heterocycles. The first-order valence-electron chi connectivity index (χ1n) is 8.30. The van der Waals surface area contributed by atoms with Gasteiger partial charge in [-0.15, -0.1) is 0 Å². The van der Waals surface area contributed by atoms with Gasteiger partial charge in [0.1, 0.15) is 0 Å². The van der Waals surface area contributed by atoms with Crippen molar-refractivity contribution >= 4 is 23.7 Å². The van der Waals surface area contributed by atoms with E-state index < -0.39 is 6.03 Å². The van der Waals surface area contributed by atoms with Crippen LogP contribution in [-0.2, 0) is 4.79 Å². The van der Waals surface area contributed by atoms with E-state index in [1.165, 1.54) is 6.08 Å². The van der Waals surface area contributed by atoms with Gasteiger partial charge in [0.2, 0.25) is 5.91 Å². The third kappa shape index (κ3) is 5.78. The predicted octanol–water partition coefficient (Wildman–Crippen LogP) is 3.09. The summed E-state index contributed by atoms with van der Waals surface area (Å²) in [7, 11) is 3.13. The van der Waals surface area contributed by atoms with Crippen molar-refractivity contribution in [2.24, 2.45) is 5.73 Å². The molecule has 4 N–H and O–H groups in total. The third-order valence-corrected chi connectivity index (χ3v) is 3.87. The largest absolute Gasteiger partial charge is 0.493 e. The topological polar surface area (TPSA) is 103 Å². The van der Waals surface area contributed by atoms with Crippen LogP contribution >= 0.6 is 0 Å². The van der Waals surface area contributed by atoms with Gasteiger partial charge >= 0.3 is 6.03 Å². The maximum atomic E-state index is 12.2. The summed E-state index contributed by atoms with van der Waals surface area (Å²) >= 11 is 0. The van der Waals surface area contributed by atoms with Gasteiger partial charge in [0, 0.05) is 11.8 Å². The highest BCUT2D eigenvalue weighted by Gasteiger charge is 2.08. The van der Waals surface area contributed by atoms with Crippen molar-refractivity contribution in [3.8, 4) is 11.5 Å². The second-order valence-electron chi connectivity index (χ2n) is 5.79. The zero-order valence-electron chi connectivity index (χ0n) is 15.5. The van der Waals surface area contributed by atoms with Crippen LogP contribution in [0.3, 0.4) is 0 Å². The lowest BCUT2D eigenvalue weighted by atomic mass is 10.1. The number of ether oxygens (including phenoxy) is 2. The van der Waals surface area contributed by atoms with Crippen molar-refractivity contribution in [3.63, 3.8) is 0 Å². The molecule has 27 heavy (non-hydrogen) atoms. The minimum Gasteiger partial charge on any atom is -0.493 e. The van der Waals surface area contributed by atoms with Gasteiger partial charge in [0.05, 0.1) is 20.3 Å². The summed E-state index contributed by atoms with van der Waals surface area (Å²) in [5.41, 5.74) is 7.39. The minimum atomic E-state index is -0.621. The van der Waals surface area contributed by atoms with Crippen molar-refractivity contribution in [2.45, 2.75) is 13.0 Å². The highest BCUT2D eigenvalue weighted by molar-refractivity contribution is 5.92. The molecule has 7 heteroatoms. The number of nitrogens with two attached hydrogens (primary N) is 1. The van der Waals surface area contributed by atoms with Crippen LogP contribution < -0.4 is 25.8 Å². The van der Waals surface area contributed by atoms with Gasteiger partial charge in [-0.3, -0.25) is 4.79 Å². The zero-order chi connectivity index (χ0) is 19.8. The maximum absolute atomic E-state index is 12.2. The molecule has 2 rings (SSSR count). The molecule has 0 aromatic heterocycles. The summed E-state index contributed by atoms with van der Waals surface area (Å²) < 4.78 is 10.4. The number of carbonyl (C=O) groups is 2. The number of hydrogen-bond donors (Lipinski definition) is 3. The molecule has 0 spiro atoms. The van der Waals surface area contributed by atoms with Gasteiger partial charge in [-0.25, -0.2) is 4.79 Å². The first-order chi connectivity index (χ1) is 12.9. The third-order valence-electron chi connectivity index (χ3n) is 3.87. The molecule has 7 nitrogen and oxygen atoms in total. The van der Waals surface area contributed by atoms with Crippen molar-refractivity contribution in [1.29, 1.82) is 0 Å². The van der Waals surface area contributed by atoms with Gasteiger partial charge in [-0.1, -0.05) is 18.2 Å².